The van der Waals surface area contributed by atoms with Gasteiger partial charge in [0, 0.05) is 37.6 Å². The van der Waals surface area contributed by atoms with Gasteiger partial charge in [0.2, 0.25) is 0 Å². The summed E-state index contributed by atoms with van der Waals surface area (Å²) in [5.41, 5.74) is 3.24. The molecule has 5 nitrogen and oxygen atoms in total. The molecule has 41 heavy (non-hydrogen) atoms. The second kappa shape index (κ2) is 11.5. The molecule has 2 saturated carbocycles. The monoisotopic (exact) mass is 576 g/mol. The molecule has 0 amide bonds. The normalized spacial score (nSPS) is 32.9. The number of benzene rings is 2. The molecule has 3 aliphatic heterocycles. The zero-order valence-corrected chi connectivity index (χ0v) is 26.0. The predicted octanol–water partition coefficient (Wildman–Crippen LogP) is 7.74. The number of ether oxygens (including phenoxy) is 5. The first-order chi connectivity index (χ1) is 19.9. The van der Waals surface area contributed by atoms with Gasteiger partial charge in [-0.15, -0.1) is 0 Å². The van der Waals surface area contributed by atoms with Crippen molar-refractivity contribution in [2.24, 2.45) is 0 Å². The Morgan fingerprint density at radius 3 is 1.85 bits per heavy atom. The summed E-state index contributed by atoms with van der Waals surface area (Å²) in [6.45, 7) is 5.69. The fraction of sp³-hybridized carbons (Fsp3) is 0.657. The first kappa shape index (κ1) is 28.2. The van der Waals surface area contributed by atoms with Crippen molar-refractivity contribution in [1.82, 2.24) is 0 Å². The van der Waals surface area contributed by atoms with E-state index in [1.165, 1.54) is 36.8 Å². The first-order valence-corrected chi connectivity index (χ1v) is 19.7. The van der Waals surface area contributed by atoms with Crippen LogP contribution in [0.3, 0.4) is 0 Å². The van der Waals surface area contributed by atoms with Crippen molar-refractivity contribution in [3.63, 3.8) is 0 Å². The lowest BCUT2D eigenvalue weighted by molar-refractivity contribution is -0.361. The number of hydrogen-bond acceptors (Lipinski definition) is 5. The van der Waals surface area contributed by atoms with Gasteiger partial charge >= 0.3 is 0 Å². The van der Waals surface area contributed by atoms with E-state index in [0.29, 0.717) is 12.1 Å². The lowest BCUT2D eigenvalue weighted by atomic mass is 9.90. The van der Waals surface area contributed by atoms with Crippen LogP contribution in [0.15, 0.2) is 60.7 Å². The van der Waals surface area contributed by atoms with E-state index in [1.807, 2.05) is 0 Å². The fourth-order valence-electron chi connectivity index (χ4n) is 8.71. The maximum atomic E-state index is 7.01. The molecule has 0 N–H and O–H groups in total. The molecule has 3 heterocycles. The van der Waals surface area contributed by atoms with Crippen LogP contribution in [0.2, 0.25) is 19.1 Å². The van der Waals surface area contributed by atoms with E-state index in [2.05, 4.69) is 73.8 Å². The Morgan fingerprint density at radius 1 is 0.683 bits per heavy atom. The third kappa shape index (κ3) is 5.73. The summed E-state index contributed by atoms with van der Waals surface area (Å²) < 4.78 is 34.1. The Bertz CT molecular complexity index is 1100. The predicted molar refractivity (Wildman–Crippen MR) is 162 cm³/mol. The van der Waals surface area contributed by atoms with E-state index in [9.17, 15) is 0 Å². The van der Waals surface area contributed by atoms with Gasteiger partial charge in [-0.1, -0.05) is 86.6 Å². The van der Waals surface area contributed by atoms with Gasteiger partial charge in [-0.2, -0.15) is 0 Å². The second-order valence-corrected chi connectivity index (χ2v) is 19.0. The zero-order valence-electron chi connectivity index (χ0n) is 25.0. The van der Waals surface area contributed by atoms with Crippen LogP contribution in [-0.4, -0.2) is 56.8 Å². The van der Waals surface area contributed by atoms with Crippen molar-refractivity contribution in [1.29, 1.82) is 0 Å². The second-order valence-electron chi connectivity index (χ2n) is 14.1. The molecule has 0 aromatic heterocycles. The van der Waals surface area contributed by atoms with Crippen molar-refractivity contribution in [2.45, 2.75) is 137 Å². The first-order valence-electron chi connectivity index (χ1n) is 16.4. The Labute approximate surface area is 247 Å². The summed E-state index contributed by atoms with van der Waals surface area (Å²) in [4.78, 5) is 0. The molecular weight excluding hydrogens is 528 g/mol. The van der Waals surface area contributed by atoms with Crippen LogP contribution in [0.4, 0.5) is 0 Å². The van der Waals surface area contributed by atoms with Crippen LogP contribution < -0.4 is 0 Å². The third-order valence-corrected chi connectivity index (χ3v) is 14.3. The van der Waals surface area contributed by atoms with E-state index >= 15 is 0 Å². The van der Waals surface area contributed by atoms with E-state index in [0.717, 1.165) is 51.0 Å². The molecule has 222 valence electrons. The van der Waals surface area contributed by atoms with Gasteiger partial charge in [0.05, 0.1) is 26.9 Å². The summed E-state index contributed by atoms with van der Waals surface area (Å²) in [5, 5.41) is 0. The summed E-state index contributed by atoms with van der Waals surface area (Å²) >= 11 is 0. The third-order valence-electron chi connectivity index (χ3n) is 10.5. The summed E-state index contributed by atoms with van der Waals surface area (Å²) in [5.74, 6) is -0.900. The Kier molecular flexibility index (Phi) is 7.93. The lowest BCUT2D eigenvalue weighted by Gasteiger charge is -2.49. The molecule has 2 aromatic rings. The summed E-state index contributed by atoms with van der Waals surface area (Å²) in [6, 6.07) is 23.3. The highest BCUT2D eigenvalue weighted by Crippen LogP contribution is 2.49. The van der Waals surface area contributed by atoms with Crippen molar-refractivity contribution in [3.05, 3.63) is 71.8 Å². The van der Waals surface area contributed by atoms with Crippen LogP contribution >= 0.6 is 0 Å². The van der Waals surface area contributed by atoms with Gasteiger partial charge in [0.1, 0.15) is 18.3 Å². The topological polar surface area (TPSA) is 46.2 Å². The van der Waals surface area contributed by atoms with E-state index in [1.54, 1.807) is 0 Å². The summed E-state index contributed by atoms with van der Waals surface area (Å²) in [7, 11) is -1.85. The largest absolute Gasteiger partial charge is 0.370 e. The molecule has 3 saturated heterocycles. The van der Waals surface area contributed by atoms with E-state index in [-0.39, 0.29) is 30.5 Å². The smallest absolute Gasteiger partial charge is 0.169 e. The fourth-order valence-corrected chi connectivity index (χ4v) is 12.6. The lowest BCUT2D eigenvalue weighted by Crippen LogP contribution is -2.60. The van der Waals surface area contributed by atoms with Crippen LogP contribution in [-0.2, 0) is 23.7 Å². The minimum absolute atomic E-state index is 0.0556. The van der Waals surface area contributed by atoms with Crippen molar-refractivity contribution in [2.75, 3.05) is 6.61 Å². The quantitative estimate of drug-likeness (QED) is 0.329. The van der Waals surface area contributed by atoms with Gasteiger partial charge in [0.25, 0.3) is 0 Å². The molecule has 2 spiro atoms. The van der Waals surface area contributed by atoms with Crippen molar-refractivity contribution < 1.29 is 23.7 Å². The minimum atomic E-state index is -1.85. The Balaban J connectivity index is 1.13. The Morgan fingerprint density at radius 2 is 1.24 bits per heavy atom. The number of fused-ring (bicyclic) bond motifs is 1. The molecule has 5 fully saturated rings. The molecule has 5 atom stereocenters. The number of hydrogen-bond donors (Lipinski definition) is 0. The summed E-state index contributed by atoms with van der Waals surface area (Å²) in [6.07, 6.45) is 12.0. The van der Waals surface area contributed by atoms with E-state index < -0.39 is 19.6 Å². The minimum Gasteiger partial charge on any atom is -0.370 e. The van der Waals surface area contributed by atoms with Gasteiger partial charge < -0.3 is 23.7 Å². The maximum Gasteiger partial charge on any atom is 0.169 e. The van der Waals surface area contributed by atoms with Gasteiger partial charge in [-0.25, -0.2) is 0 Å². The molecule has 7 rings (SSSR count). The van der Waals surface area contributed by atoms with E-state index in [4.69, 9.17) is 23.7 Å². The van der Waals surface area contributed by atoms with Crippen LogP contribution in [0.5, 0.6) is 0 Å². The molecule has 6 heteroatoms. The zero-order chi connectivity index (χ0) is 27.9. The average molecular weight is 577 g/mol. The molecule has 0 bridgehead atoms. The van der Waals surface area contributed by atoms with Gasteiger partial charge in [-0.05, 0) is 42.9 Å². The molecule has 0 radical (unpaired) electrons. The number of rotatable bonds is 6. The Hall–Kier alpha value is -1.54. The molecule has 5 aliphatic rings. The molecule has 2 aromatic carbocycles. The van der Waals surface area contributed by atoms with Crippen LogP contribution in [0, 0.1) is 0 Å². The highest BCUT2D eigenvalue weighted by molar-refractivity contribution is 6.79. The van der Waals surface area contributed by atoms with Crippen LogP contribution in [0.1, 0.15) is 87.3 Å². The van der Waals surface area contributed by atoms with Gasteiger partial charge in [0.15, 0.2) is 11.6 Å². The molecular formula is C35H48O5Si. The molecule has 2 aliphatic carbocycles. The van der Waals surface area contributed by atoms with Crippen LogP contribution in [0.25, 0.3) is 0 Å². The molecule has 0 unspecified atom stereocenters. The maximum absolute atomic E-state index is 7.01. The van der Waals surface area contributed by atoms with Gasteiger partial charge in [-0.3, -0.25) is 0 Å². The van der Waals surface area contributed by atoms with Crippen molar-refractivity contribution >= 4 is 8.07 Å². The standard InChI is InChI=1S/C35H48O5Si/c1-41(2,33(26-15-7-3-8-16-26)27-17-9-4-10-18-27)25-28-23-29-31(37-28)32(40-35(38-29)21-13-6-14-22-35)30-24-36-34(39-30)19-11-5-12-20-34/h3-4,7-10,15-18,28-33H,5-6,11-14,19-25H2,1-2H3/t28-,29-,30+,31+,32+/m0/s1. The average Bonchev–Trinajstić information content (AvgIpc) is 3.57. The highest BCUT2D eigenvalue weighted by Gasteiger charge is 2.58. The van der Waals surface area contributed by atoms with Crippen molar-refractivity contribution in [3.8, 4) is 0 Å². The highest BCUT2D eigenvalue weighted by atomic mass is 28.3. The SMILES string of the molecule is C[Si](C)(C[C@@H]1C[C@@H]2OC3(CCCCC3)O[C@H]([C@H]3COC4(CCCCC4)O3)[C@@H]2O1)C(c1ccccc1)c1ccccc1.